The molecule has 0 bridgehead atoms. The van der Waals surface area contributed by atoms with Crippen LogP contribution in [-0.2, 0) is 28.5 Å². The summed E-state index contributed by atoms with van der Waals surface area (Å²) in [4.78, 5) is 80.1. The Hall–Kier alpha value is -5.26. The summed E-state index contributed by atoms with van der Waals surface area (Å²) in [5.41, 5.74) is 1.08. The molecule has 2 aliphatic rings. The molecule has 2 amide bonds. The highest BCUT2D eigenvalue weighted by molar-refractivity contribution is 6.02. The van der Waals surface area contributed by atoms with Crippen molar-refractivity contribution in [3.05, 3.63) is 71.8 Å². The van der Waals surface area contributed by atoms with E-state index < -0.39 is 60.6 Å². The van der Waals surface area contributed by atoms with Crippen LogP contribution in [0.5, 0.6) is 0 Å². The van der Waals surface area contributed by atoms with E-state index in [9.17, 15) is 28.8 Å². The van der Waals surface area contributed by atoms with Gasteiger partial charge in [-0.15, -0.1) is 0 Å². The number of Topliss-reactive ketones (excluding diaryl/α,β-unsaturated/α-hetero) is 2. The normalized spacial score (nSPS) is 20.1. The maximum Gasteiger partial charge on any atom is 0.411 e. The molecule has 2 unspecified atom stereocenters. The van der Waals surface area contributed by atoms with Gasteiger partial charge in [-0.1, -0.05) is 48.5 Å². The van der Waals surface area contributed by atoms with E-state index in [1.807, 2.05) is 38.1 Å². The van der Waals surface area contributed by atoms with Crippen LogP contribution in [0.3, 0.4) is 0 Å². The number of hydrogen-bond donors (Lipinski definition) is 0. The number of carbonyl (C=O) groups excluding carboxylic acids is 6. The summed E-state index contributed by atoms with van der Waals surface area (Å²) in [5, 5.41) is 1.69. The summed E-state index contributed by atoms with van der Waals surface area (Å²) < 4.78 is 21.7. The Bertz CT molecular complexity index is 1920. The number of benzene rings is 3. The highest BCUT2D eigenvalue weighted by Crippen LogP contribution is 2.30. The van der Waals surface area contributed by atoms with Gasteiger partial charge in [-0.05, 0) is 115 Å². The van der Waals surface area contributed by atoms with Crippen LogP contribution in [0.1, 0.15) is 102 Å². The number of esters is 2. The molecule has 4 atom stereocenters. The zero-order valence-corrected chi connectivity index (χ0v) is 32.3. The molecule has 0 N–H and O–H groups in total. The molecule has 0 spiro atoms. The van der Waals surface area contributed by atoms with Crippen LogP contribution < -0.4 is 0 Å². The third-order valence-corrected chi connectivity index (χ3v) is 9.48. The Morgan fingerprint density at radius 1 is 0.556 bits per heavy atom. The summed E-state index contributed by atoms with van der Waals surface area (Å²) in [7, 11) is 0. The molecule has 3 aromatic carbocycles. The molecule has 3 aromatic rings. The van der Waals surface area contributed by atoms with Crippen molar-refractivity contribution < 1.29 is 47.7 Å². The van der Waals surface area contributed by atoms with Gasteiger partial charge in [0, 0.05) is 23.2 Å². The number of fused-ring (bicyclic) bond motifs is 1. The molecular formula is C42H50N2O10. The first-order chi connectivity index (χ1) is 25.3. The fourth-order valence-corrected chi connectivity index (χ4v) is 6.76. The Labute approximate surface area is 316 Å². The van der Waals surface area contributed by atoms with Crippen molar-refractivity contribution in [2.24, 2.45) is 0 Å². The van der Waals surface area contributed by atoms with Crippen LogP contribution >= 0.6 is 0 Å². The van der Waals surface area contributed by atoms with Crippen LogP contribution in [0, 0.1) is 0 Å². The third kappa shape index (κ3) is 9.64. The molecule has 2 saturated heterocycles. The van der Waals surface area contributed by atoms with E-state index in [2.05, 4.69) is 0 Å². The average molecular weight is 743 g/mol. The minimum Gasteiger partial charge on any atom is -0.456 e. The highest BCUT2D eigenvalue weighted by atomic mass is 16.6. The van der Waals surface area contributed by atoms with Crippen molar-refractivity contribution in [3.8, 4) is 11.1 Å². The molecule has 0 radical (unpaired) electrons. The molecule has 2 heterocycles. The van der Waals surface area contributed by atoms with Crippen LogP contribution in [0.2, 0.25) is 0 Å². The van der Waals surface area contributed by atoms with Crippen molar-refractivity contribution in [2.75, 3.05) is 13.2 Å². The number of carbonyl (C=O) groups is 6. The predicted molar refractivity (Wildman–Crippen MR) is 201 cm³/mol. The van der Waals surface area contributed by atoms with Gasteiger partial charge in [-0.2, -0.15) is 0 Å². The van der Waals surface area contributed by atoms with Crippen molar-refractivity contribution >= 4 is 46.5 Å². The zero-order valence-electron chi connectivity index (χ0n) is 32.3. The van der Waals surface area contributed by atoms with Crippen molar-refractivity contribution in [3.63, 3.8) is 0 Å². The molecule has 0 aliphatic carbocycles. The van der Waals surface area contributed by atoms with Crippen LogP contribution in [0.15, 0.2) is 60.7 Å². The molecule has 288 valence electrons. The lowest BCUT2D eigenvalue weighted by atomic mass is 9.98. The van der Waals surface area contributed by atoms with Crippen LogP contribution in [0.25, 0.3) is 21.9 Å². The Kier molecular flexibility index (Phi) is 11.8. The standard InChI is InChI=1S/C42H50N2O10/c1-25-9-19-33(43(25)39(49)53-41(3,4)5)37(47)51-23-35(45)28-13-11-27(12-14-28)29-15-16-31-22-32(18-17-30(31)21-29)36(46)24-52-38(48)34-20-10-26(2)44(34)40(50)54-42(6,7)8/h11-18,21-22,25-26,33-34H,9-10,19-20,23-24H2,1-8H3/t25-,26?,33+,34?/m1/s1. The SMILES string of the molecule is CC1CCC(C(=O)OCC(=O)c2ccc3cc(-c4ccc(C(=O)COC(=O)[C@@H]5CC[C@@H](C)N5C(=O)OC(C)(C)C)cc4)ccc3c2)N1C(=O)OC(C)(C)C. The van der Waals surface area contributed by atoms with Gasteiger partial charge >= 0.3 is 24.1 Å². The Morgan fingerprint density at radius 2 is 0.963 bits per heavy atom. The van der Waals surface area contributed by atoms with E-state index in [0.29, 0.717) is 36.8 Å². The second-order valence-corrected chi connectivity index (χ2v) is 16.1. The van der Waals surface area contributed by atoms with E-state index >= 15 is 0 Å². The predicted octanol–water partition coefficient (Wildman–Crippen LogP) is 7.53. The number of ether oxygens (including phenoxy) is 4. The lowest BCUT2D eigenvalue weighted by Gasteiger charge is -2.30. The average Bonchev–Trinajstić information content (AvgIpc) is 3.69. The summed E-state index contributed by atoms with van der Waals surface area (Å²) in [6.07, 6.45) is 0.940. The summed E-state index contributed by atoms with van der Waals surface area (Å²) in [5.74, 6) is -2.01. The largest absolute Gasteiger partial charge is 0.456 e. The topological polar surface area (TPSA) is 146 Å². The number of likely N-dealkylation sites (tertiary alicyclic amines) is 2. The maximum atomic E-state index is 13.0. The first-order valence-corrected chi connectivity index (χ1v) is 18.4. The lowest BCUT2D eigenvalue weighted by Crippen LogP contribution is -2.47. The highest BCUT2D eigenvalue weighted by Gasteiger charge is 2.43. The monoisotopic (exact) mass is 742 g/mol. The van der Waals surface area contributed by atoms with Gasteiger partial charge in [0.2, 0.25) is 0 Å². The molecule has 0 saturated carbocycles. The minimum absolute atomic E-state index is 0.191. The number of nitrogens with zero attached hydrogens (tertiary/aromatic N) is 2. The minimum atomic E-state index is -0.813. The summed E-state index contributed by atoms with van der Waals surface area (Å²) >= 11 is 0. The van der Waals surface area contributed by atoms with E-state index in [-0.39, 0.29) is 23.7 Å². The third-order valence-electron chi connectivity index (χ3n) is 9.48. The van der Waals surface area contributed by atoms with Gasteiger partial charge in [0.05, 0.1) is 0 Å². The Balaban J connectivity index is 1.16. The second kappa shape index (κ2) is 16.0. The van der Waals surface area contributed by atoms with E-state index in [4.69, 9.17) is 18.9 Å². The first kappa shape index (κ1) is 39.9. The number of amides is 2. The van der Waals surface area contributed by atoms with Gasteiger partial charge in [0.25, 0.3) is 0 Å². The van der Waals surface area contributed by atoms with Gasteiger partial charge in [0.15, 0.2) is 24.8 Å². The molecular weight excluding hydrogens is 692 g/mol. The maximum absolute atomic E-state index is 13.0. The van der Waals surface area contributed by atoms with Gasteiger partial charge < -0.3 is 18.9 Å². The molecule has 2 aliphatic heterocycles. The van der Waals surface area contributed by atoms with Crippen LogP contribution in [0.4, 0.5) is 9.59 Å². The van der Waals surface area contributed by atoms with Crippen molar-refractivity contribution in [1.82, 2.24) is 9.80 Å². The lowest BCUT2D eigenvalue weighted by molar-refractivity contribution is -0.148. The quantitative estimate of drug-likeness (QED) is 0.122. The first-order valence-electron chi connectivity index (χ1n) is 18.4. The van der Waals surface area contributed by atoms with Gasteiger partial charge in [-0.25, -0.2) is 19.2 Å². The number of ketones is 2. The van der Waals surface area contributed by atoms with Gasteiger partial charge in [0.1, 0.15) is 23.3 Å². The smallest absolute Gasteiger partial charge is 0.411 e. The molecule has 12 nitrogen and oxygen atoms in total. The van der Waals surface area contributed by atoms with Crippen LogP contribution in [-0.4, -0.2) is 94.1 Å². The molecule has 2 fully saturated rings. The van der Waals surface area contributed by atoms with Crippen molar-refractivity contribution in [2.45, 2.75) is 116 Å². The summed E-state index contributed by atoms with van der Waals surface area (Å²) in [6, 6.07) is 15.9. The summed E-state index contributed by atoms with van der Waals surface area (Å²) in [6.45, 7) is 13.3. The second-order valence-electron chi connectivity index (χ2n) is 16.1. The van der Waals surface area contributed by atoms with E-state index in [1.165, 1.54) is 9.80 Å². The molecule has 12 heteroatoms. The molecule has 54 heavy (non-hydrogen) atoms. The van der Waals surface area contributed by atoms with E-state index in [1.54, 1.807) is 77.9 Å². The Morgan fingerprint density at radius 3 is 1.44 bits per heavy atom. The van der Waals surface area contributed by atoms with Gasteiger partial charge in [-0.3, -0.25) is 19.4 Å². The fourth-order valence-electron chi connectivity index (χ4n) is 6.76. The van der Waals surface area contributed by atoms with E-state index in [0.717, 1.165) is 21.9 Å². The number of hydrogen-bond acceptors (Lipinski definition) is 10. The zero-order chi connectivity index (χ0) is 39.5. The fraction of sp³-hybridized carbons (Fsp3) is 0.476. The molecule has 0 aromatic heterocycles. The number of rotatable bonds is 9. The molecule has 5 rings (SSSR count). The van der Waals surface area contributed by atoms with Crippen molar-refractivity contribution in [1.29, 1.82) is 0 Å².